The fraction of sp³-hybridized carbons (Fsp3) is 0.519. The molecule has 1 aliphatic heterocycles. The number of nitrogens with one attached hydrogen (secondary N) is 2. The molecule has 0 radical (unpaired) electrons. The lowest BCUT2D eigenvalue weighted by Gasteiger charge is -2.29. The molecule has 1 unspecified atom stereocenters. The third kappa shape index (κ3) is 5.41. The Balaban J connectivity index is 1.46. The number of benzene rings is 1. The normalized spacial score (nSPS) is 19.4. The number of aliphatic hydroxyl groups excluding tert-OH is 1. The Morgan fingerprint density at radius 3 is 2.53 bits per heavy atom. The van der Waals surface area contributed by atoms with Gasteiger partial charge in [0.25, 0.3) is 0 Å². The number of amides is 2. The molecule has 0 bridgehead atoms. The van der Waals surface area contributed by atoms with Gasteiger partial charge in [-0.05, 0) is 62.3 Å². The van der Waals surface area contributed by atoms with E-state index in [4.69, 9.17) is 19.8 Å². The number of morpholine rings is 1. The van der Waals surface area contributed by atoms with Crippen molar-refractivity contribution in [1.29, 1.82) is 0 Å². The lowest BCUT2D eigenvalue weighted by atomic mass is 10.1. The summed E-state index contributed by atoms with van der Waals surface area (Å²) < 4.78 is 32.3. The van der Waals surface area contributed by atoms with E-state index in [2.05, 4.69) is 22.1 Å². The minimum absolute atomic E-state index is 0.0118. The number of anilines is 2. The van der Waals surface area contributed by atoms with E-state index in [1.54, 1.807) is 18.2 Å². The van der Waals surface area contributed by atoms with Gasteiger partial charge in [0.05, 0.1) is 24.2 Å². The third-order valence-electron chi connectivity index (χ3n) is 7.46. The summed E-state index contributed by atoms with van der Waals surface area (Å²) in [6.07, 6.45) is 5.00. The summed E-state index contributed by atoms with van der Waals surface area (Å²) in [5.74, 6) is 1.30. The Kier molecular flexibility index (Phi) is 7.69. The number of hydrogen-bond acceptors (Lipinski definition) is 8. The van der Waals surface area contributed by atoms with Crippen LogP contribution < -0.4 is 15.5 Å². The minimum Gasteiger partial charge on any atom is -0.396 e. The molecule has 0 spiro atoms. The van der Waals surface area contributed by atoms with E-state index in [0.717, 1.165) is 18.4 Å². The summed E-state index contributed by atoms with van der Waals surface area (Å²) >= 11 is 0. The third-order valence-corrected chi connectivity index (χ3v) is 10.5. The molecule has 3 N–H and O–H groups in total. The van der Waals surface area contributed by atoms with E-state index in [1.165, 1.54) is 0 Å². The quantitative estimate of drug-likeness (QED) is 0.292. The van der Waals surface area contributed by atoms with Crippen molar-refractivity contribution in [3.8, 4) is 11.4 Å². The van der Waals surface area contributed by atoms with Gasteiger partial charge in [0.15, 0.2) is 15.7 Å². The number of rotatable bonds is 11. The molecule has 5 rings (SSSR count). The lowest BCUT2D eigenvalue weighted by molar-refractivity contribution is 0.122. The first kappa shape index (κ1) is 26.6. The molecule has 3 fully saturated rings. The predicted molar refractivity (Wildman–Crippen MR) is 146 cm³/mol. The van der Waals surface area contributed by atoms with E-state index in [-0.39, 0.29) is 18.6 Å². The molecule has 1 atom stereocenters. The van der Waals surface area contributed by atoms with Gasteiger partial charge in [-0.2, -0.15) is 0 Å². The topological polar surface area (TPSA) is 134 Å². The molecule has 2 saturated carbocycles. The van der Waals surface area contributed by atoms with Crippen molar-refractivity contribution in [2.24, 2.45) is 5.92 Å². The summed E-state index contributed by atoms with van der Waals surface area (Å²) in [5, 5.41) is 13.8. The van der Waals surface area contributed by atoms with Gasteiger partial charge in [-0.3, -0.25) is 0 Å². The highest BCUT2D eigenvalue weighted by Crippen LogP contribution is 2.56. The van der Waals surface area contributed by atoms with Crippen molar-refractivity contribution in [3.63, 3.8) is 0 Å². The SMILES string of the molecule is C=CC(C1CC1)S(=O)(=O)C1(c2cc(N3CCOCC3)nc(-c3ccc(NC(=O)NCCCO)cc3)n2)CC1. The van der Waals surface area contributed by atoms with Crippen LogP contribution in [0.3, 0.4) is 0 Å². The number of urea groups is 1. The fourth-order valence-electron chi connectivity index (χ4n) is 4.97. The van der Waals surface area contributed by atoms with Crippen LogP contribution in [0, 0.1) is 5.92 Å². The second kappa shape index (κ2) is 11.0. The van der Waals surface area contributed by atoms with Crippen molar-refractivity contribution >= 4 is 27.4 Å². The molecular weight excluding hydrogens is 506 g/mol. The van der Waals surface area contributed by atoms with E-state index >= 15 is 0 Å². The van der Waals surface area contributed by atoms with Gasteiger partial charge in [0.1, 0.15) is 10.6 Å². The number of aromatic nitrogens is 2. The van der Waals surface area contributed by atoms with Gasteiger partial charge in [-0.25, -0.2) is 23.2 Å². The Labute approximate surface area is 223 Å². The van der Waals surface area contributed by atoms with Gasteiger partial charge in [-0.1, -0.05) is 6.08 Å². The van der Waals surface area contributed by atoms with Crippen LogP contribution in [0.2, 0.25) is 0 Å². The van der Waals surface area contributed by atoms with Crippen molar-refractivity contribution in [2.75, 3.05) is 49.7 Å². The molecule has 3 aliphatic rings. The molecule has 2 aliphatic carbocycles. The summed E-state index contributed by atoms with van der Waals surface area (Å²) in [7, 11) is -3.53. The van der Waals surface area contributed by atoms with Crippen LogP contribution >= 0.6 is 0 Å². The first-order chi connectivity index (χ1) is 18.4. The molecule has 1 aromatic heterocycles. The highest BCUT2D eigenvalue weighted by Gasteiger charge is 2.61. The Bertz CT molecular complexity index is 1270. The zero-order valence-electron chi connectivity index (χ0n) is 21.4. The van der Waals surface area contributed by atoms with E-state index < -0.39 is 19.8 Å². The number of nitrogens with zero attached hydrogens (tertiary/aromatic N) is 3. The zero-order chi connectivity index (χ0) is 26.8. The maximum atomic E-state index is 13.9. The minimum atomic E-state index is -3.53. The van der Waals surface area contributed by atoms with Gasteiger partial charge in [-0.15, -0.1) is 6.58 Å². The number of ether oxygens (including phenoxy) is 1. The smallest absolute Gasteiger partial charge is 0.319 e. The average molecular weight is 542 g/mol. The second-order valence-electron chi connectivity index (χ2n) is 10.1. The van der Waals surface area contributed by atoms with E-state index in [1.807, 2.05) is 18.2 Å². The number of carbonyl (C=O) groups excluding carboxylic acids is 1. The summed E-state index contributed by atoms with van der Waals surface area (Å²) in [5.41, 5.74) is 1.87. The molecule has 1 saturated heterocycles. The van der Waals surface area contributed by atoms with Crippen molar-refractivity contribution < 1.29 is 23.1 Å². The zero-order valence-corrected chi connectivity index (χ0v) is 22.3. The van der Waals surface area contributed by atoms with Crippen LogP contribution in [-0.4, -0.2) is 74.2 Å². The number of sulfone groups is 1. The van der Waals surface area contributed by atoms with Crippen LogP contribution in [0.1, 0.15) is 37.8 Å². The van der Waals surface area contributed by atoms with Crippen molar-refractivity contribution in [3.05, 3.63) is 48.7 Å². The number of hydrogen-bond donors (Lipinski definition) is 3. The molecule has 11 heteroatoms. The molecule has 204 valence electrons. The molecule has 1 aromatic carbocycles. The van der Waals surface area contributed by atoms with Gasteiger partial charge in [0.2, 0.25) is 0 Å². The second-order valence-corrected chi connectivity index (χ2v) is 12.6. The van der Waals surface area contributed by atoms with Crippen LogP contribution in [-0.2, 0) is 19.3 Å². The lowest BCUT2D eigenvalue weighted by Crippen LogP contribution is -2.37. The maximum absolute atomic E-state index is 13.9. The standard InChI is InChI=1S/C27H35N5O5S/c1-2-22(19-4-5-19)38(35,36)27(10-11-27)23-18-24(32-13-16-37-17-14-32)31-25(30-23)20-6-8-21(9-7-20)29-26(34)28-12-3-15-33/h2,6-9,18-19,22,33H,1,3-5,10-17H2,(H2,28,29,34). The molecular formula is C27H35N5O5S. The van der Waals surface area contributed by atoms with Gasteiger partial charge in [0, 0.05) is 43.6 Å². The van der Waals surface area contributed by atoms with Crippen molar-refractivity contribution in [1.82, 2.24) is 15.3 Å². The number of aliphatic hydroxyl groups is 1. The van der Waals surface area contributed by atoms with Crippen LogP contribution in [0.4, 0.5) is 16.3 Å². The first-order valence-corrected chi connectivity index (χ1v) is 14.8. The van der Waals surface area contributed by atoms with E-state index in [9.17, 15) is 13.2 Å². The summed E-state index contributed by atoms with van der Waals surface area (Å²) in [4.78, 5) is 23.8. The number of carbonyl (C=O) groups is 1. The predicted octanol–water partition coefficient (Wildman–Crippen LogP) is 2.85. The van der Waals surface area contributed by atoms with E-state index in [0.29, 0.717) is 75.1 Å². The average Bonchev–Trinajstić information content (AvgIpc) is 3.85. The molecule has 2 aromatic rings. The molecule has 2 heterocycles. The highest BCUT2D eigenvalue weighted by molar-refractivity contribution is 7.93. The largest absolute Gasteiger partial charge is 0.396 e. The van der Waals surface area contributed by atoms with Crippen LogP contribution in [0.25, 0.3) is 11.4 Å². The Morgan fingerprint density at radius 2 is 1.92 bits per heavy atom. The van der Waals surface area contributed by atoms with Crippen LogP contribution in [0.5, 0.6) is 0 Å². The Hall–Kier alpha value is -3.02. The molecule has 10 nitrogen and oxygen atoms in total. The van der Waals surface area contributed by atoms with Crippen LogP contribution in [0.15, 0.2) is 43.0 Å². The summed E-state index contributed by atoms with van der Waals surface area (Å²) in [6, 6.07) is 8.64. The molecule has 2 amide bonds. The first-order valence-electron chi connectivity index (χ1n) is 13.2. The maximum Gasteiger partial charge on any atom is 0.319 e. The highest BCUT2D eigenvalue weighted by atomic mass is 32.2. The molecule has 38 heavy (non-hydrogen) atoms. The monoisotopic (exact) mass is 541 g/mol. The fourth-order valence-corrected chi connectivity index (χ4v) is 7.59. The van der Waals surface area contributed by atoms with Gasteiger partial charge >= 0.3 is 6.03 Å². The Morgan fingerprint density at radius 1 is 1.21 bits per heavy atom. The van der Waals surface area contributed by atoms with Gasteiger partial charge < -0.3 is 25.4 Å². The van der Waals surface area contributed by atoms with Crippen molar-refractivity contribution in [2.45, 2.75) is 42.1 Å². The summed E-state index contributed by atoms with van der Waals surface area (Å²) in [6.45, 7) is 6.74.